The molecule has 1 aromatic carbocycles. The van der Waals surface area contributed by atoms with E-state index >= 15 is 0 Å². The van der Waals surface area contributed by atoms with Crippen LogP contribution in [-0.4, -0.2) is 15.2 Å². The Labute approximate surface area is 99.6 Å². The Hall–Kier alpha value is -2.23. The number of aryl methyl sites for hydroxylation is 1. The van der Waals surface area contributed by atoms with E-state index in [9.17, 15) is 10.2 Å². The third kappa shape index (κ3) is 2.66. The molecular formula is C13H14N2O2. The van der Waals surface area contributed by atoms with Gasteiger partial charge in [0.15, 0.2) is 11.5 Å². The first-order valence-electron chi connectivity index (χ1n) is 5.33. The van der Waals surface area contributed by atoms with Crippen LogP contribution in [0.3, 0.4) is 0 Å². The highest BCUT2D eigenvalue weighted by atomic mass is 16.3. The number of nitrogens with one attached hydrogen (secondary N) is 1. The van der Waals surface area contributed by atoms with E-state index in [2.05, 4.69) is 10.3 Å². The molecule has 0 spiro atoms. The molecule has 1 aromatic heterocycles. The lowest BCUT2D eigenvalue weighted by molar-refractivity contribution is 0.403. The van der Waals surface area contributed by atoms with E-state index in [1.165, 1.54) is 12.1 Å². The molecule has 3 N–H and O–H groups in total. The monoisotopic (exact) mass is 230 g/mol. The van der Waals surface area contributed by atoms with Crippen molar-refractivity contribution in [2.24, 2.45) is 0 Å². The lowest BCUT2D eigenvalue weighted by atomic mass is 10.2. The van der Waals surface area contributed by atoms with E-state index in [0.29, 0.717) is 6.54 Å². The molecule has 4 heteroatoms. The van der Waals surface area contributed by atoms with Crippen molar-refractivity contribution in [3.8, 4) is 11.5 Å². The maximum atomic E-state index is 9.36. The Bertz CT molecular complexity index is 527. The van der Waals surface area contributed by atoms with Gasteiger partial charge in [0.05, 0.1) is 11.4 Å². The van der Waals surface area contributed by atoms with E-state index in [0.717, 1.165) is 16.9 Å². The van der Waals surface area contributed by atoms with Crippen molar-refractivity contribution in [2.75, 3.05) is 5.32 Å². The van der Waals surface area contributed by atoms with Gasteiger partial charge in [0.1, 0.15) is 0 Å². The quantitative estimate of drug-likeness (QED) is 0.708. The molecule has 0 amide bonds. The zero-order chi connectivity index (χ0) is 12.3. The van der Waals surface area contributed by atoms with Crippen molar-refractivity contribution < 1.29 is 10.2 Å². The zero-order valence-electron chi connectivity index (χ0n) is 9.51. The molecule has 0 aliphatic carbocycles. The number of nitrogens with zero attached hydrogens (tertiary/aromatic N) is 1. The first-order valence-corrected chi connectivity index (χ1v) is 5.33. The van der Waals surface area contributed by atoms with Gasteiger partial charge in [0.25, 0.3) is 0 Å². The number of phenols is 2. The zero-order valence-corrected chi connectivity index (χ0v) is 9.51. The average molecular weight is 230 g/mol. The number of hydrogen-bond acceptors (Lipinski definition) is 4. The van der Waals surface area contributed by atoms with E-state index in [-0.39, 0.29) is 11.5 Å². The summed E-state index contributed by atoms with van der Waals surface area (Å²) in [7, 11) is 0. The first kappa shape index (κ1) is 11.3. The number of benzene rings is 1. The summed E-state index contributed by atoms with van der Waals surface area (Å²) in [5, 5.41) is 21.8. The summed E-state index contributed by atoms with van der Waals surface area (Å²) in [4.78, 5) is 4.17. The van der Waals surface area contributed by atoms with Crippen LogP contribution in [0.4, 0.5) is 5.69 Å². The smallest absolute Gasteiger partial charge is 0.157 e. The van der Waals surface area contributed by atoms with Crippen LogP contribution in [0.1, 0.15) is 11.3 Å². The summed E-state index contributed by atoms with van der Waals surface area (Å²) in [6.45, 7) is 2.50. The maximum absolute atomic E-state index is 9.36. The standard InChI is InChI=1S/C13H14N2O2/c1-9-11(3-2-6-14-9)15-8-10-4-5-12(16)13(17)7-10/h2-7,15-17H,8H2,1H3. The third-order valence-corrected chi connectivity index (χ3v) is 2.53. The summed E-state index contributed by atoms with van der Waals surface area (Å²) in [5.74, 6) is -0.210. The van der Waals surface area contributed by atoms with Gasteiger partial charge in [-0.1, -0.05) is 6.07 Å². The van der Waals surface area contributed by atoms with Gasteiger partial charge >= 0.3 is 0 Å². The fourth-order valence-electron chi connectivity index (χ4n) is 1.55. The van der Waals surface area contributed by atoms with Crippen LogP contribution >= 0.6 is 0 Å². The van der Waals surface area contributed by atoms with Gasteiger partial charge in [0, 0.05) is 12.7 Å². The molecule has 0 saturated heterocycles. The molecule has 0 aliphatic heterocycles. The molecule has 0 aliphatic rings. The van der Waals surface area contributed by atoms with Crippen LogP contribution in [0.2, 0.25) is 0 Å². The van der Waals surface area contributed by atoms with Crippen molar-refractivity contribution in [3.05, 3.63) is 47.8 Å². The van der Waals surface area contributed by atoms with Crippen LogP contribution < -0.4 is 5.32 Å². The Kier molecular flexibility index (Phi) is 3.14. The molecule has 2 aromatic rings. The van der Waals surface area contributed by atoms with E-state index in [1.54, 1.807) is 12.3 Å². The molecular weight excluding hydrogens is 216 g/mol. The summed E-state index contributed by atoms with van der Waals surface area (Å²) < 4.78 is 0. The topological polar surface area (TPSA) is 65.4 Å². The third-order valence-electron chi connectivity index (χ3n) is 2.53. The largest absolute Gasteiger partial charge is 0.504 e. The van der Waals surface area contributed by atoms with Gasteiger partial charge in [-0.25, -0.2) is 0 Å². The minimum absolute atomic E-state index is 0.104. The summed E-state index contributed by atoms with van der Waals surface area (Å²) in [6, 6.07) is 8.58. The second-order valence-electron chi connectivity index (χ2n) is 3.81. The van der Waals surface area contributed by atoms with Crippen molar-refractivity contribution in [1.29, 1.82) is 0 Å². The molecule has 4 nitrogen and oxygen atoms in total. The minimum atomic E-state index is -0.105. The summed E-state index contributed by atoms with van der Waals surface area (Å²) >= 11 is 0. The first-order chi connectivity index (χ1) is 8.16. The Morgan fingerprint density at radius 1 is 1.18 bits per heavy atom. The normalized spacial score (nSPS) is 10.2. The van der Waals surface area contributed by atoms with Crippen LogP contribution in [0, 0.1) is 6.92 Å². The van der Waals surface area contributed by atoms with Gasteiger partial charge in [-0.3, -0.25) is 4.98 Å². The predicted molar refractivity (Wildman–Crippen MR) is 66.1 cm³/mol. The highest BCUT2D eigenvalue weighted by Gasteiger charge is 2.01. The van der Waals surface area contributed by atoms with E-state index in [4.69, 9.17) is 0 Å². The lowest BCUT2D eigenvalue weighted by Crippen LogP contribution is -2.01. The molecule has 1 heterocycles. The highest BCUT2D eigenvalue weighted by molar-refractivity contribution is 5.48. The van der Waals surface area contributed by atoms with Crippen LogP contribution in [-0.2, 0) is 6.54 Å². The SMILES string of the molecule is Cc1ncccc1NCc1ccc(O)c(O)c1. The molecule has 0 fully saturated rings. The maximum Gasteiger partial charge on any atom is 0.157 e. The Morgan fingerprint density at radius 3 is 2.71 bits per heavy atom. The van der Waals surface area contributed by atoms with Crippen molar-refractivity contribution in [1.82, 2.24) is 4.98 Å². The number of pyridine rings is 1. The number of aromatic hydroxyl groups is 2. The second kappa shape index (κ2) is 4.74. The molecule has 17 heavy (non-hydrogen) atoms. The van der Waals surface area contributed by atoms with Gasteiger partial charge in [-0.2, -0.15) is 0 Å². The van der Waals surface area contributed by atoms with Crippen molar-refractivity contribution >= 4 is 5.69 Å². The molecule has 0 unspecified atom stereocenters. The number of aromatic nitrogens is 1. The van der Waals surface area contributed by atoms with Crippen LogP contribution in [0.5, 0.6) is 11.5 Å². The molecule has 88 valence electrons. The molecule has 0 atom stereocenters. The molecule has 0 radical (unpaired) electrons. The van der Waals surface area contributed by atoms with Crippen LogP contribution in [0.15, 0.2) is 36.5 Å². The number of phenolic OH excluding ortho intramolecular Hbond substituents is 2. The lowest BCUT2D eigenvalue weighted by Gasteiger charge is -2.09. The molecule has 0 saturated carbocycles. The predicted octanol–water partition coefficient (Wildman–Crippen LogP) is 2.41. The van der Waals surface area contributed by atoms with Crippen molar-refractivity contribution in [2.45, 2.75) is 13.5 Å². The summed E-state index contributed by atoms with van der Waals surface area (Å²) in [6.07, 6.45) is 1.74. The van der Waals surface area contributed by atoms with Gasteiger partial charge in [-0.15, -0.1) is 0 Å². The van der Waals surface area contributed by atoms with E-state index < -0.39 is 0 Å². The fourth-order valence-corrected chi connectivity index (χ4v) is 1.55. The van der Waals surface area contributed by atoms with Crippen molar-refractivity contribution in [3.63, 3.8) is 0 Å². The van der Waals surface area contributed by atoms with Gasteiger partial charge in [0.2, 0.25) is 0 Å². The number of rotatable bonds is 3. The van der Waals surface area contributed by atoms with Gasteiger partial charge < -0.3 is 15.5 Å². The summed E-state index contributed by atoms with van der Waals surface area (Å²) in [5.41, 5.74) is 2.78. The number of hydrogen-bond donors (Lipinski definition) is 3. The Morgan fingerprint density at radius 2 is 2.00 bits per heavy atom. The molecule has 2 rings (SSSR count). The van der Waals surface area contributed by atoms with Gasteiger partial charge in [-0.05, 0) is 36.8 Å². The second-order valence-corrected chi connectivity index (χ2v) is 3.81. The Balaban J connectivity index is 2.08. The fraction of sp³-hybridized carbons (Fsp3) is 0.154. The minimum Gasteiger partial charge on any atom is -0.504 e. The average Bonchev–Trinajstić information content (AvgIpc) is 2.32. The van der Waals surface area contributed by atoms with Crippen LogP contribution in [0.25, 0.3) is 0 Å². The highest BCUT2D eigenvalue weighted by Crippen LogP contribution is 2.25. The number of anilines is 1. The molecule has 0 bridgehead atoms. The van der Waals surface area contributed by atoms with E-state index in [1.807, 2.05) is 19.1 Å².